The first-order valence-corrected chi connectivity index (χ1v) is 16.8. The van der Waals surface area contributed by atoms with E-state index in [-0.39, 0.29) is 17.0 Å². The summed E-state index contributed by atoms with van der Waals surface area (Å²) in [6, 6.07) is 8.88. The van der Waals surface area contributed by atoms with Gasteiger partial charge in [0.1, 0.15) is 24.6 Å². The third-order valence-corrected chi connectivity index (χ3v) is 9.67. The molecule has 0 saturated carbocycles. The van der Waals surface area contributed by atoms with Gasteiger partial charge in [-0.05, 0) is 18.6 Å². The van der Waals surface area contributed by atoms with Crippen molar-refractivity contribution in [3.63, 3.8) is 0 Å². The number of hydrogen-bond acceptors (Lipinski definition) is 12. The molecule has 4 heterocycles. The molecule has 20 heteroatoms. The molecule has 0 bridgehead atoms. The van der Waals surface area contributed by atoms with Crippen LogP contribution in [0, 0.1) is 0 Å². The zero-order valence-electron chi connectivity index (χ0n) is 23.6. The number of carboxylic acids is 1. The average Bonchev–Trinajstić information content (AvgIpc) is 3.68. The maximum absolute atomic E-state index is 12.5. The molecule has 2 aliphatic rings. The molecule has 7 atom stereocenters. The molecule has 2 amide bonds. The van der Waals surface area contributed by atoms with Gasteiger partial charge in [0.05, 0.1) is 25.5 Å². The lowest BCUT2D eigenvalue weighted by Gasteiger charge is -2.21. The van der Waals surface area contributed by atoms with Gasteiger partial charge in [0.15, 0.2) is 29.5 Å². The van der Waals surface area contributed by atoms with Crippen molar-refractivity contribution in [2.75, 3.05) is 24.6 Å². The Kier molecular flexibility index (Phi) is 10.1. The van der Waals surface area contributed by atoms with Gasteiger partial charge in [0, 0.05) is 6.54 Å². The third kappa shape index (κ3) is 8.18. The Morgan fingerprint density at radius 3 is 2.58 bits per heavy atom. The van der Waals surface area contributed by atoms with Crippen molar-refractivity contribution in [2.24, 2.45) is 0 Å². The van der Waals surface area contributed by atoms with E-state index in [0.29, 0.717) is 6.54 Å². The van der Waals surface area contributed by atoms with Crippen molar-refractivity contribution >= 4 is 50.5 Å². The topological polar surface area (TPSA) is 243 Å². The standard InChI is InChI=1S/C25H30N6O12P2/c1-2-26-25(34)30-22-19-23(28-13-27-22)31(14-29-19)24-21-20(41-18(42-21)9-8-15-6-4-3-5-7-15)16(40-24)12-39-45(37,38)43-44(35,36)11-10-17(32)33/h3-9,13-14,16,18,20-21,24H,2,10-12H2,1H3,(H,32,33)(H,35,36)(H,37,38)(H2,26,27,28,30,34)/t16-,18+,20?,21+,24-/m1/s1. The smallest absolute Gasteiger partial charge is 0.479 e. The molecule has 45 heavy (non-hydrogen) atoms. The molecular weight excluding hydrogens is 638 g/mol. The number of hydrogen-bond donors (Lipinski definition) is 5. The first-order chi connectivity index (χ1) is 21.4. The van der Waals surface area contributed by atoms with E-state index < -0.39 is 77.4 Å². The highest BCUT2D eigenvalue weighted by molar-refractivity contribution is 7.64. The minimum Gasteiger partial charge on any atom is -0.481 e. The molecule has 2 aromatic heterocycles. The number of amides is 2. The second-order valence-electron chi connectivity index (χ2n) is 9.79. The fraction of sp³-hybridized carbons (Fsp3) is 0.400. The summed E-state index contributed by atoms with van der Waals surface area (Å²) < 4.78 is 53.9. The zero-order chi connectivity index (χ0) is 32.2. The number of imidazole rings is 1. The van der Waals surface area contributed by atoms with Gasteiger partial charge in [-0.1, -0.05) is 36.4 Å². The SMILES string of the molecule is CCNC(=O)Nc1ncnc2c1ncn2[C@@H]1O[C@H](COP(=O)(O)OP(=O)(O)CCC(=O)O)C2O[C@H](C=Cc3ccccc3)O[C@@H]21. The van der Waals surface area contributed by atoms with Gasteiger partial charge in [-0.2, -0.15) is 0 Å². The number of urea groups is 1. The van der Waals surface area contributed by atoms with Gasteiger partial charge in [-0.3, -0.25) is 23.8 Å². The molecule has 3 unspecified atom stereocenters. The minimum absolute atomic E-state index is 0.140. The molecule has 5 N–H and O–H groups in total. The summed E-state index contributed by atoms with van der Waals surface area (Å²) >= 11 is 0. The molecule has 1 aromatic carbocycles. The predicted molar refractivity (Wildman–Crippen MR) is 155 cm³/mol. The Morgan fingerprint density at radius 2 is 1.84 bits per heavy atom. The number of anilines is 1. The van der Waals surface area contributed by atoms with E-state index in [4.69, 9.17) is 23.8 Å². The molecule has 3 aromatic rings. The van der Waals surface area contributed by atoms with Crippen LogP contribution in [0.25, 0.3) is 17.2 Å². The summed E-state index contributed by atoms with van der Waals surface area (Å²) in [5, 5.41) is 13.9. The fourth-order valence-electron chi connectivity index (χ4n) is 4.63. The second-order valence-corrected chi connectivity index (χ2v) is 13.4. The summed E-state index contributed by atoms with van der Waals surface area (Å²) in [4.78, 5) is 55.5. The molecule has 5 rings (SSSR count). The van der Waals surface area contributed by atoms with Gasteiger partial charge >= 0.3 is 27.4 Å². The molecule has 0 spiro atoms. The van der Waals surface area contributed by atoms with E-state index in [2.05, 4.69) is 29.9 Å². The van der Waals surface area contributed by atoms with Crippen LogP contribution in [0.3, 0.4) is 0 Å². The highest BCUT2D eigenvalue weighted by Gasteiger charge is 2.54. The Bertz CT molecular complexity index is 1660. The van der Waals surface area contributed by atoms with E-state index in [1.165, 1.54) is 17.2 Å². The minimum atomic E-state index is -5.16. The second kappa shape index (κ2) is 13.8. The normalized spacial score (nSPS) is 25.5. The molecule has 242 valence electrons. The Balaban J connectivity index is 1.37. The number of benzene rings is 1. The molecule has 2 aliphatic heterocycles. The van der Waals surface area contributed by atoms with Crippen LogP contribution in [0.4, 0.5) is 10.6 Å². The van der Waals surface area contributed by atoms with Gasteiger partial charge in [-0.25, -0.2) is 28.6 Å². The third-order valence-electron chi connectivity index (χ3n) is 6.56. The number of phosphoric acid groups is 1. The number of rotatable bonds is 13. The number of aromatic nitrogens is 4. The van der Waals surface area contributed by atoms with E-state index in [1.807, 2.05) is 30.3 Å². The lowest BCUT2D eigenvalue weighted by molar-refractivity contribution is -0.136. The number of aliphatic carboxylic acids is 1. The summed E-state index contributed by atoms with van der Waals surface area (Å²) in [7, 11) is -9.94. The van der Waals surface area contributed by atoms with Gasteiger partial charge in [-0.15, -0.1) is 0 Å². The molecule has 18 nitrogen and oxygen atoms in total. The van der Waals surface area contributed by atoms with Crippen molar-refractivity contribution in [3.05, 3.63) is 54.6 Å². The highest BCUT2D eigenvalue weighted by atomic mass is 31.3. The number of phosphoric ester groups is 1. The number of nitrogens with one attached hydrogen (secondary N) is 2. The highest BCUT2D eigenvalue weighted by Crippen LogP contribution is 2.60. The van der Waals surface area contributed by atoms with Crippen LogP contribution >= 0.6 is 15.4 Å². The molecule has 0 aliphatic carbocycles. The Morgan fingerprint density at radius 1 is 1.09 bits per heavy atom. The van der Waals surface area contributed by atoms with Gasteiger partial charge in [0.25, 0.3) is 0 Å². The van der Waals surface area contributed by atoms with Crippen molar-refractivity contribution in [2.45, 2.75) is 44.2 Å². The van der Waals surface area contributed by atoms with E-state index >= 15 is 0 Å². The van der Waals surface area contributed by atoms with E-state index in [1.54, 1.807) is 19.1 Å². The van der Waals surface area contributed by atoms with Gasteiger partial charge in [0.2, 0.25) is 0 Å². The number of carbonyl (C=O) groups is 2. The zero-order valence-corrected chi connectivity index (χ0v) is 25.4. The Labute approximate surface area is 255 Å². The maximum Gasteiger partial charge on any atom is 0.479 e. The molecule has 2 fully saturated rings. The fourth-order valence-corrected chi connectivity index (χ4v) is 7.25. The number of nitrogens with zero attached hydrogens (tertiary/aromatic N) is 4. The van der Waals surface area contributed by atoms with Crippen LogP contribution in [-0.2, 0) is 37.0 Å². The molecule has 0 radical (unpaired) electrons. The first kappa shape index (κ1) is 32.8. The van der Waals surface area contributed by atoms with Crippen molar-refractivity contribution in [1.82, 2.24) is 24.8 Å². The number of carboxylic acid groups (broad SMARTS) is 1. The summed E-state index contributed by atoms with van der Waals surface area (Å²) in [5.74, 6) is -1.25. The van der Waals surface area contributed by atoms with E-state index in [0.717, 1.165) is 5.56 Å². The number of carbonyl (C=O) groups excluding carboxylic acids is 1. The van der Waals surface area contributed by atoms with Crippen molar-refractivity contribution < 1.29 is 56.7 Å². The van der Waals surface area contributed by atoms with Crippen LogP contribution in [0.5, 0.6) is 0 Å². The quantitative estimate of drug-likeness (QED) is 0.164. The largest absolute Gasteiger partial charge is 0.481 e. The molecular formula is C25H30N6O12P2. The lowest BCUT2D eigenvalue weighted by atomic mass is 10.1. The van der Waals surface area contributed by atoms with Crippen molar-refractivity contribution in [1.29, 1.82) is 0 Å². The predicted octanol–water partition coefficient (Wildman–Crippen LogP) is 2.48. The summed E-state index contributed by atoms with van der Waals surface area (Å²) in [5.41, 5.74) is 1.40. The van der Waals surface area contributed by atoms with Crippen LogP contribution < -0.4 is 10.6 Å². The first-order valence-electron chi connectivity index (χ1n) is 13.6. The van der Waals surface area contributed by atoms with Crippen LogP contribution in [-0.4, -0.2) is 90.3 Å². The summed E-state index contributed by atoms with van der Waals surface area (Å²) in [6.07, 6.45) is -0.170. The van der Waals surface area contributed by atoms with Crippen LogP contribution in [0.2, 0.25) is 0 Å². The van der Waals surface area contributed by atoms with Gasteiger partial charge < -0.3 is 34.4 Å². The molecule has 2 saturated heterocycles. The Hall–Kier alpha value is -3.57. The van der Waals surface area contributed by atoms with Crippen LogP contribution in [0.1, 0.15) is 25.1 Å². The number of fused-ring (bicyclic) bond motifs is 2. The maximum atomic E-state index is 12.5. The lowest BCUT2D eigenvalue weighted by Crippen LogP contribution is -2.31. The monoisotopic (exact) mass is 668 g/mol. The van der Waals surface area contributed by atoms with Crippen LogP contribution in [0.15, 0.2) is 49.1 Å². The summed E-state index contributed by atoms with van der Waals surface area (Å²) in [6.45, 7) is 1.50. The average molecular weight is 668 g/mol. The number of ether oxygens (including phenoxy) is 3. The van der Waals surface area contributed by atoms with Crippen molar-refractivity contribution in [3.8, 4) is 0 Å². The van der Waals surface area contributed by atoms with E-state index in [9.17, 15) is 28.5 Å².